The van der Waals surface area contributed by atoms with Gasteiger partial charge in [-0.15, -0.1) is 0 Å². The lowest BCUT2D eigenvalue weighted by Crippen LogP contribution is -2.41. The van der Waals surface area contributed by atoms with Crippen molar-refractivity contribution < 1.29 is 4.79 Å². The number of nitrogens with one attached hydrogen (secondary N) is 2. The summed E-state index contributed by atoms with van der Waals surface area (Å²) in [5.74, 6) is 0.00301. The zero-order valence-corrected chi connectivity index (χ0v) is 13.4. The van der Waals surface area contributed by atoms with Gasteiger partial charge in [0.15, 0.2) is 0 Å². The third-order valence-electron chi connectivity index (χ3n) is 3.59. The quantitative estimate of drug-likeness (QED) is 0.876. The largest absolute Gasteiger partial charge is 0.325 e. The van der Waals surface area contributed by atoms with E-state index in [4.69, 9.17) is 0 Å². The molecule has 1 aromatic rings. The highest BCUT2D eigenvalue weighted by Gasteiger charge is 2.13. The molecule has 0 atom stereocenters. The number of anilines is 1. The fraction of sp³-hybridized carbons (Fsp3) is 0.588. The third-order valence-corrected chi connectivity index (χ3v) is 3.59. The first-order valence-electron chi connectivity index (χ1n) is 7.78. The summed E-state index contributed by atoms with van der Waals surface area (Å²) in [5, 5.41) is 6.15. The Morgan fingerprint density at radius 1 is 1.24 bits per heavy atom. The fourth-order valence-electron chi connectivity index (χ4n) is 2.50. The van der Waals surface area contributed by atoms with Gasteiger partial charge in [0.05, 0.1) is 6.54 Å². The van der Waals surface area contributed by atoms with Crippen LogP contribution < -0.4 is 10.6 Å². The molecule has 0 aromatic heterocycles. The van der Waals surface area contributed by atoms with E-state index in [1.165, 1.54) is 31.5 Å². The summed E-state index contributed by atoms with van der Waals surface area (Å²) in [6.07, 6.45) is 2.60. The van der Waals surface area contributed by atoms with Crippen LogP contribution in [0.2, 0.25) is 0 Å². The molecule has 2 rings (SSSR count). The minimum absolute atomic E-state index is 0.00301. The summed E-state index contributed by atoms with van der Waals surface area (Å²) in [7, 11) is 0. The first-order chi connectivity index (χ1) is 9.92. The SMILES string of the molecule is CC(C)(C)NCC(=O)Nc1cccc(CN2CCCC2)c1. The Kier molecular flexibility index (Phi) is 5.37. The first kappa shape index (κ1) is 16.0. The molecule has 1 aromatic carbocycles. The molecule has 0 unspecified atom stereocenters. The van der Waals surface area contributed by atoms with Crippen LogP contribution in [0.25, 0.3) is 0 Å². The molecule has 0 radical (unpaired) electrons. The maximum atomic E-state index is 11.9. The van der Waals surface area contributed by atoms with Crippen LogP contribution in [0.1, 0.15) is 39.2 Å². The second-order valence-corrected chi connectivity index (χ2v) is 6.84. The van der Waals surface area contributed by atoms with E-state index < -0.39 is 0 Å². The Hall–Kier alpha value is -1.39. The van der Waals surface area contributed by atoms with Gasteiger partial charge in [-0.25, -0.2) is 0 Å². The third kappa shape index (κ3) is 5.86. The zero-order valence-electron chi connectivity index (χ0n) is 13.4. The summed E-state index contributed by atoms with van der Waals surface area (Å²) in [5.41, 5.74) is 2.10. The number of rotatable bonds is 5. The Bertz CT molecular complexity index is 473. The van der Waals surface area contributed by atoms with Crippen LogP contribution in [-0.2, 0) is 11.3 Å². The molecule has 0 saturated carbocycles. The Morgan fingerprint density at radius 2 is 1.95 bits per heavy atom. The Labute approximate surface area is 127 Å². The molecule has 4 heteroatoms. The topological polar surface area (TPSA) is 44.4 Å². The average Bonchev–Trinajstić information content (AvgIpc) is 2.89. The molecule has 1 amide bonds. The van der Waals surface area contributed by atoms with Crippen molar-refractivity contribution in [2.75, 3.05) is 25.0 Å². The lowest BCUT2D eigenvalue weighted by Gasteiger charge is -2.20. The maximum absolute atomic E-state index is 11.9. The van der Waals surface area contributed by atoms with Gasteiger partial charge in [-0.2, -0.15) is 0 Å². The lowest BCUT2D eigenvalue weighted by molar-refractivity contribution is -0.115. The van der Waals surface area contributed by atoms with Crippen LogP contribution in [0.3, 0.4) is 0 Å². The van der Waals surface area contributed by atoms with Crippen molar-refractivity contribution in [1.29, 1.82) is 0 Å². The molecule has 1 aliphatic heterocycles. The van der Waals surface area contributed by atoms with E-state index in [0.717, 1.165) is 12.2 Å². The van der Waals surface area contributed by atoms with Crippen LogP contribution in [0.15, 0.2) is 24.3 Å². The second kappa shape index (κ2) is 7.05. The van der Waals surface area contributed by atoms with Crippen molar-refractivity contribution in [1.82, 2.24) is 10.2 Å². The van der Waals surface area contributed by atoms with Gasteiger partial charge in [0.25, 0.3) is 0 Å². The van der Waals surface area contributed by atoms with Gasteiger partial charge in [-0.1, -0.05) is 12.1 Å². The van der Waals surface area contributed by atoms with Gasteiger partial charge in [-0.3, -0.25) is 9.69 Å². The second-order valence-electron chi connectivity index (χ2n) is 6.84. The van der Waals surface area contributed by atoms with E-state index in [1.54, 1.807) is 0 Å². The molecule has 1 aliphatic rings. The lowest BCUT2D eigenvalue weighted by atomic mass is 10.1. The number of carbonyl (C=O) groups is 1. The predicted octanol–water partition coefficient (Wildman–Crippen LogP) is 2.61. The van der Waals surface area contributed by atoms with Crippen molar-refractivity contribution >= 4 is 11.6 Å². The minimum Gasteiger partial charge on any atom is -0.325 e. The molecule has 21 heavy (non-hydrogen) atoms. The molecule has 4 nitrogen and oxygen atoms in total. The number of likely N-dealkylation sites (tertiary alicyclic amines) is 1. The molecule has 116 valence electrons. The summed E-state index contributed by atoms with van der Waals surface area (Å²) in [6.45, 7) is 9.84. The van der Waals surface area contributed by atoms with Crippen molar-refractivity contribution in [3.05, 3.63) is 29.8 Å². The number of benzene rings is 1. The molecule has 0 spiro atoms. The van der Waals surface area contributed by atoms with Crippen LogP contribution in [0, 0.1) is 0 Å². The number of amides is 1. The van der Waals surface area contributed by atoms with Crippen LogP contribution in [0.4, 0.5) is 5.69 Å². The summed E-state index contributed by atoms with van der Waals surface area (Å²) < 4.78 is 0. The van der Waals surface area contributed by atoms with Gasteiger partial charge >= 0.3 is 0 Å². The van der Waals surface area contributed by atoms with Crippen LogP contribution >= 0.6 is 0 Å². The summed E-state index contributed by atoms with van der Waals surface area (Å²) in [4.78, 5) is 14.4. The zero-order chi connectivity index (χ0) is 15.3. The molecule has 1 heterocycles. The molecule has 2 N–H and O–H groups in total. The molecule has 1 fully saturated rings. The number of carbonyl (C=O) groups excluding carboxylic acids is 1. The van der Waals surface area contributed by atoms with Crippen molar-refractivity contribution in [2.24, 2.45) is 0 Å². The fourth-order valence-corrected chi connectivity index (χ4v) is 2.50. The highest BCUT2D eigenvalue weighted by Crippen LogP contribution is 2.16. The highest BCUT2D eigenvalue weighted by atomic mass is 16.1. The van der Waals surface area contributed by atoms with Gasteiger partial charge in [0, 0.05) is 17.8 Å². The number of hydrogen-bond donors (Lipinski definition) is 2. The van der Waals surface area contributed by atoms with E-state index in [2.05, 4.69) is 48.4 Å². The molecular weight excluding hydrogens is 262 g/mol. The van der Waals surface area contributed by atoms with Gasteiger partial charge in [0.2, 0.25) is 5.91 Å². The normalized spacial score (nSPS) is 16.1. The average molecular weight is 289 g/mol. The Morgan fingerprint density at radius 3 is 2.62 bits per heavy atom. The van der Waals surface area contributed by atoms with E-state index in [-0.39, 0.29) is 11.4 Å². The Balaban J connectivity index is 1.86. The molecule has 0 bridgehead atoms. The monoisotopic (exact) mass is 289 g/mol. The number of nitrogens with zero attached hydrogens (tertiary/aromatic N) is 1. The smallest absolute Gasteiger partial charge is 0.238 e. The van der Waals surface area contributed by atoms with Crippen molar-refractivity contribution in [3.8, 4) is 0 Å². The van der Waals surface area contributed by atoms with E-state index in [9.17, 15) is 4.79 Å². The summed E-state index contributed by atoms with van der Waals surface area (Å²) in [6, 6.07) is 8.16. The van der Waals surface area contributed by atoms with E-state index in [0.29, 0.717) is 6.54 Å². The van der Waals surface area contributed by atoms with Crippen LogP contribution in [-0.4, -0.2) is 36.0 Å². The molecule has 0 aliphatic carbocycles. The van der Waals surface area contributed by atoms with Gasteiger partial charge in [0.1, 0.15) is 0 Å². The predicted molar refractivity (Wildman–Crippen MR) is 87.3 cm³/mol. The van der Waals surface area contributed by atoms with Gasteiger partial charge < -0.3 is 10.6 Å². The highest BCUT2D eigenvalue weighted by molar-refractivity contribution is 5.92. The van der Waals surface area contributed by atoms with Gasteiger partial charge in [-0.05, 0) is 64.4 Å². The standard InChI is InChI=1S/C17H27N3O/c1-17(2,3)18-12-16(21)19-15-8-6-7-14(11-15)13-20-9-4-5-10-20/h6-8,11,18H,4-5,9-10,12-13H2,1-3H3,(H,19,21). The van der Waals surface area contributed by atoms with Crippen molar-refractivity contribution in [3.63, 3.8) is 0 Å². The van der Waals surface area contributed by atoms with E-state index in [1.807, 2.05) is 12.1 Å². The summed E-state index contributed by atoms with van der Waals surface area (Å²) >= 11 is 0. The number of hydrogen-bond acceptors (Lipinski definition) is 3. The first-order valence-corrected chi connectivity index (χ1v) is 7.78. The van der Waals surface area contributed by atoms with Crippen molar-refractivity contribution in [2.45, 2.75) is 45.7 Å². The molecular formula is C17H27N3O. The minimum atomic E-state index is -0.0467. The van der Waals surface area contributed by atoms with E-state index >= 15 is 0 Å². The maximum Gasteiger partial charge on any atom is 0.238 e. The van der Waals surface area contributed by atoms with Crippen LogP contribution in [0.5, 0.6) is 0 Å². The molecule has 1 saturated heterocycles.